The summed E-state index contributed by atoms with van der Waals surface area (Å²) >= 11 is 5.05. The predicted octanol–water partition coefficient (Wildman–Crippen LogP) is 3.58. The molecule has 0 radical (unpaired) electrons. The van der Waals surface area contributed by atoms with Crippen LogP contribution in [0.2, 0.25) is 0 Å². The van der Waals surface area contributed by atoms with Gasteiger partial charge < -0.3 is 4.98 Å². The molecule has 1 fully saturated rings. The minimum Gasteiger partial charge on any atom is -0.353 e. The summed E-state index contributed by atoms with van der Waals surface area (Å²) in [5, 5.41) is 0. The van der Waals surface area contributed by atoms with Crippen LogP contribution in [0.1, 0.15) is 30.0 Å². The van der Waals surface area contributed by atoms with Crippen molar-refractivity contribution < 1.29 is 8.42 Å². The zero-order valence-electron chi connectivity index (χ0n) is 12.3. The normalized spacial score (nSPS) is 19.4. The van der Waals surface area contributed by atoms with E-state index >= 15 is 0 Å². The number of sulfonamides is 1. The van der Waals surface area contributed by atoms with Crippen molar-refractivity contribution in [3.63, 3.8) is 0 Å². The zero-order chi connectivity index (χ0) is 15.7. The molecule has 0 bridgehead atoms. The molecule has 116 valence electrons. The quantitative estimate of drug-likeness (QED) is 0.873. The SMILES string of the molecule is Cc1ccc(S(=O)(=O)N2CCC[C@H]2c2ccc(=S)[nH]c2)cc1. The highest BCUT2D eigenvalue weighted by atomic mass is 32.2. The Kier molecular flexibility index (Phi) is 4.16. The van der Waals surface area contributed by atoms with Crippen molar-refractivity contribution in [2.45, 2.75) is 30.7 Å². The summed E-state index contributed by atoms with van der Waals surface area (Å²) in [7, 11) is -3.47. The summed E-state index contributed by atoms with van der Waals surface area (Å²) in [5.41, 5.74) is 2.01. The Morgan fingerprint density at radius 3 is 2.55 bits per heavy atom. The van der Waals surface area contributed by atoms with Gasteiger partial charge in [0.15, 0.2) is 0 Å². The maximum Gasteiger partial charge on any atom is 0.243 e. The first-order chi connectivity index (χ1) is 10.5. The number of rotatable bonds is 3. The van der Waals surface area contributed by atoms with E-state index in [2.05, 4.69) is 4.98 Å². The lowest BCUT2D eigenvalue weighted by molar-refractivity contribution is 0.396. The zero-order valence-corrected chi connectivity index (χ0v) is 14.0. The van der Waals surface area contributed by atoms with Gasteiger partial charge in [-0.05, 0) is 43.5 Å². The first-order valence-electron chi connectivity index (χ1n) is 7.25. The summed E-state index contributed by atoms with van der Waals surface area (Å²) in [6.45, 7) is 2.50. The Hall–Kier alpha value is -1.50. The van der Waals surface area contributed by atoms with Gasteiger partial charge in [0.05, 0.1) is 10.9 Å². The molecule has 1 saturated heterocycles. The number of pyridine rings is 1. The van der Waals surface area contributed by atoms with E-state index in [9.17, 15) is 8.42 Å². The number of nitrogens with zero attached hydrogens (tertiary/aromatic N) is 1. The monoisotopic (exact) mass is 334 g/mol. The molecule has 0 saturated carbocycles. The summed E-state index contributed by atoms with van der Waals surface area (Å²) in [6, 6.07) is 10.6. The average molecular weight is 334 g/mol. The van der Waals surface area contributed by atoms with Gasteiger partial charge in [0.25, 0.3) is 0 Å². The lowest BCUT2D eigenvalue weighted by Crippen LogP contribution is -2.30. The second-order valence-electron chi connectivity index (χ2n) is 5.57. The molecule has 1 aromatic heterocycles. The lowest BCUT2D eigenvalue weighted by atomic mass is 10.1. The molecule has 0 spiro atoms. The highest BCUT2D eigenvalue weighted by Gasteiger charge is 2.36. The Balaban J connectivity index is 1.97. The molecule has 4 nitrogen and oxygen atoms in total. The molecule has 1 atom stereocenters. The van der Waals surface area contributed by atoms with Crippen LogP contribution < -0.4 is 0 Å². The van der Waals surface area contributed by atoms with E-state index in [0.717, 1.165) is 24.0 Å². The molecule has 1 N–H and O–H groups in total. The van der Waals surface area contributed by atoms with E-state index < -0.39 is 10.0 Å². The van der Waals surface area contributed by atoms with Gasteiger partial charge in [0, 0.05) is 12.7 Å². The number of aromatic nitrogens is 1. The van der Waals surface area contributed by atoms with E-state index in [1.807, 2.05) is 31.3 Å². The molecule has 3 rings (SSSR count). The van der Waals surface area contributed by atoms with E-state index in [1.165, 1.54) is 0 Å². The molecular weight excluding hydrogens is 316 g/mol. The van der Waals surface area contributed by atoms with Crippen LogP contribution in [0.5, 0.6) is 0 Å². The largest absolute Gasteiger partial charge is 0.353 e. The number of benzene rings is 1. The molecule has 1 aliphatic rings. The highest BCUT2D eigenvalue weighted by molar-refractivity contribution is 7.89. The highest BCUT2D eigenvalue weighted by Crippen LogP contribution is 2.36. The van der Waals surface area contributed by atoms with E-state index in [-0.39, 0.29) is 6.04 Å². The van der Waals surface area contributed by atoms with Crippen molar-refractivity contribution in [1.82, 2.24) is 9.29 Å². The molecule has 0 aliphatic carbocycles. The molecule has 0 unspecified atom stereocenters. The van der Waals surface area contributed by atoms with Crippen molar-refractivity contribution >= 4 is 22.2 Å². The van der Waals surface area contributed by atoms with Crippen LogP contribution in [0, 0.1) is 11.6 Å². The fourth-order valence-electron chi connectivity index (χ4n) is 2.84. The third kappa shape index (κ3) is 2.86. The van der Waals surface area contributed by atoms with Crippen molar-refractivity contribution in [2.75, 3.05) is 6.54 Å². The molecule has 1 aliphatic heterocycles. The standard InChI is InChI=1S/C16H18N2O2S2/c1-12-4-7-14(8-5-12)22(19,20)18-10-2-3-15(18)13-6-9-16(21)17-11-13/h4-9,11,15H,2-3,10H2,1H3,(H,17,21)/t15-/m0/s1. The van der Waals surface area contributed by atoms with Gasteiger partial charge >= 0.3 is 0 Å². The molecular formula is C16H18N2O2S2. The van der Waals surface area contributed by atoms with Crippen LogP contribution in [0.15, 0.2) is 47.5 Å². The lowest BCUT2D eigenvalue weighted by Gasteiger charge is -2.24. The Labute approximate surface area is 135 Å². The molecule has 1 aromatic carbocycles. The topological polar surface area (TPSA) is 53.2 Å². The van der Waals surface area contributed by atoms with Crippen LogP contribution in [-0.4, -0.2) is 24.3 Å². The summed E-state index contributed by atoms with van der Waals surface area (Å²) in [5.74, 6) is 0. The number of aromatic amines is 1. The van der Waals surface area contributed by atoms with Gasteiger partial charge in [-0.15, -0.1) is 0 Å². The second-order valence-corrected chi connectivity index (χ2v) is 7.90. The summed E-state index contributed by atoms with van der Waals surface area (Å²) < 4.78 is 28.0. The Morgan fingerprint density at radius 1 is 1.18 bits per heavy atom. The van der Waals surface area contributed by atoms with Gasteiger partial charge in [-0.2, -0.15) is 4.31 Å². The number of nitrogens with one attached hydrogen (secondary N) is 1. The van der Waals surface area contributed by atoms with E-state index in [0.29, 0.717) is 16.1 Å². The van der Waals surface area contributed by atoms with E-state index in [4.69, 9.17) is 12.2 Å². The van der Waals surface area contributed by atoms with Gasteiger partial charge in [-0.1, -0.05) is 36.0 Å². The molecule has 0 amide bonds. The Bertz CT molecular complexity index is 805. The van der Waals surface area contributed by atoms with Crippen LogP contribution in [-0.2, 0) is 10.0 Å². The van der Waals surface area contributed by atoms with Crippen molar-refractivity contribution in [3.05, 3.63) is 58.4 Å². The first kappa shape index (κ1) is 15.4. The fraction of sp³-hybridized carbons (Fsp3) is 0.312. The number of H-pyrrole nitrogens is 1. The van der Waals surface area contributed by atoms with Crippen molar-refractivity contribution in [2.24, 2.45) is 0 Å². The fourth-order valence-corrected chi connectivity index (χ4v) is 4.65. The molecule has 2 aromatic rings. The van der Waals surface area contributed by atoms with Crippen molar-refractivity contribution in [3.8, 4) is 0 Å². The summed E-state index contributed by atoms with van der Waals surface area (Å²) in [4.78, 5) is 3.34. The Morgan fingerprint density at radius 2 is 1.91 bits per heavy atom. The first-order valence-corrected chi connectivity index (χ1v) is 9.10. The van der Waals surface area contributed by atoms with E-state index in [1.54, 1.807) is 22.5 Å². The smallest absolute Gasteiger partial charge is 0.243 e. The summed E-state index contributed by atoms with van der Waals surface area (Å²) in [6.07, 6.45) is 3.51. The number of hydrogen-bond donors (Lipinski definition) is 1. The average Bonchev–Trinajstić information content (AvgIpc) is 2.99. The minimum atomic E-state index is -3.47. The van der Waals surface area contributed by atoms with Gasteiger partial charge in [0.2, 0.25) is 10.0 Å². The third-order valence-electron chi connectivity index (χ3n) is 4.02. The van der Waals surface area contributed by atoms with Crippen LogP contribution in [0.25, 0.3) is 0 Å². The molecule has 22 heavy (non-hydrogen) atoms. The predicted molar refractivity (Wildman–Crippen MR) is 88.7 cm³/mol. The maximum atomic E-state index is 12.9. The van der Waals surface area contributed by atoms with Crippen LogP contribution >= 0.6 is 12.2 Å². The molecule has 6 heteroatoms. The van der Waals surface area contributed by atoms with Gasteiger partial charge in [0.1, 0.15) is 4.64 Å². The number of aryl methyl sites for hydroxylation is 1. The maximum absolute atomic E-state index is 12.9. The van der Waals surface area contributed by atoms with Crippen LogP contribution in [0.3, 0.4) is 0 Å². The number of hydrogen-bond acceptors (Lipinski definition) is 3. The minimum absolute atomic E-state index is 0.127. The van der Waals surface area contributed by atoms with Gasteiger partial charge in [-0.3, -0.25) is 0 Å². The van der Waals surface area contributed by atoms with Crippen LogP contribution in [0.4, 0.5) is 0 Å². The third-order valence-corrected chi connectivity index (χ3v) is 6.20. The van der Waals surface area contributed by atoms with Gasteiger partial charge in [-0.25, -0.2) is 8.42 Å². The second kappa shape index (κ2) is 5.95. The molecule has 2 heterocycles. The van der Waals surface area contributed by atoms with Crippen molar-refractivity contribution in [1.29, 1.82) is 0 Å².